The number of carbonyl (C=O) groups is 2. The summed E-state index contributed by atoms with van der Waals surface area (Å²) in [5.74, 6) is -0.971. The van der Waals surface area contributed by atoms with Gasteiger partial charge in [-0.15, -0.1) is 0 Å². The van der Waals surface area contributed by atoms with Crippen LogP contribution in [0.4, 0.5) is 10.1 Å². The second-order valence-electron chi connectivity index (χ2n) is 6.75. The number of anilines is 1. The molecule has 4 aromatic rings. The molecule has 0 spiro atoms. The fourth-order valence-electron chi connectivity index (χ4n) is 3.04. The Morgan fingerprint density at radius 1 is 1.00 bits per heavy atom. The van der Waals surface area contributed by atoms with Crippen LogP contribution in [0.25, 0.3) is 11.0 Å². The highest BCUT2D eigenvalue weighted by Crippen LogP contribution is 2.32. The highest BCUT2D eigenvalue weighted by molar-refractivity contribution is 6.17. The monoisotopic (exact) mass is 403 g/mol. The lowest BCUT2D eigenvalue weighted by atomic mass is 10.0. The molecule has 0 saturated heterocycles. The lowest BCUT2D eigenvalue weighted by Gasteiger charge is -2.08. The van der Waals surface area contributed by atoms with Gasteiger partial charge in [0.05, 0.1) is 5.69 Å². The molecule has 1 aromatic heterocycles. The number of benzene rings is 3. The van der Waals surface area contributed by atoms with Gasteiger partial charge < -0.3 is 14.5 Å². The van der Waals surface area contributed by atoms with Crippen molar-refractivity contribution in [3.63, 3.8) is 0 Å². The summed E-state index contributed by atoms with van der Waals surface area (Å²) in [5.41, 5.74) is 1.24. The Hall–Kier alpha value is -3.93. The molecular formula is C24H18FNO4. The van der Waals surface area contributed by atoms with Crippen molar-refractivity contribution in [3.8, 4) is 5.75 Å². The van der Waals surface area contributed by atoms with Gasteiger partial charge in [-0.05, 0) is 42.8 Å². The molecule has 30 heavy (non-hydrogen) atoms. The molecule has 4 rings (SSSR count). The van der Waals surface area contributed by atoms with E-state index in [1.165, 1.54) is 12.1 Å². The SMILES string of the molecule is Cc1ccc(C(=O)c2oc3ccccc3c2NC(=O)COc2ccccc2)cc1F. The quantitative estimate of drug-likeness (QED) is 0.453. The van der Waals surface area contributed by atoms with Gasteiger partial charge in [-0.3, -0.25) is 9.59 Å². The van der Waals surface area contributed by atoms with Crippen LogP contribution in [0.3, 0.4) is 0 Å². The molecule has 0 fully saturated rings. The molecule has 5 nitrogen and oxygen atoms in total. The van der Waals surface area contributed by atoms with Gasteiger partial charge in [-0.25, -0.2) is 4.39 Å². The van der Waals surface area contributed by atoms with Crippen molar-refractivity contribution < 1.29 is 23.1 Å². The molecule has 0 saturated carbocycles. The lowest BCUT2D eigenvalue weighted by Crippen LogP contribution is -2.21. The van der Waals surface area contributed by atoms with Crippen molar-refractivity contribution in [1.82, 2.24) is 0 Å². The van der Waals surface area contributed by atoms with Crippen LogP contribution in [-0.4, -0.2) is 18.3 Å². The molecule has 1 heterocycles. The van der Waals surface area contributed by atoms with E-state index in [0.29, 0.717) is 22.3 Å². The number of halogens is 1. The molecule has 0 aliphatic rings. The average molecular weight is 403 g/mol. The van der Waals surface area contributed by atoms with Crippen molar-refractivity contribution in [2.75, 3.05) is 11.9 Å². The minimum atomic E-state index is -0.524. The Morgan fingerprint density at radius 3 is 2.50 bits per heavy atom. The molecule has 3 aromatic carbocycles. The molecule has 0 bridgehead atoms. The van der Waals surface area contributed by atoms with Gasteiger partial charge in [-0.1, -0.05) is 42.5 Å². The fourth-order valence-corrected chi connectivity index (χ4v) is 3.04. The molecule has 6 heteroatoms. The van der Waals surface area contributed by atoms with E-state index in [2.05, 4.69) is 5.32 Å². The van der Waals surface area contributed by atoms with Crippen LogP contribution in [0.5, 0.6) is 5.75 Å². The zero-order chi connectivity index (χ0) is 21.1. The third-order valence-corrected chi connectivity index (χ3v) is 4.61. The number of hydrogen-bond donors (Lipinski definition) is 1. The van der Waals surface area contributed by atoms with E-state index in [4.69, 9.17) is 9.15 Å². The summed E-state index contributed by atoms with van der Waals surface area (Å²) in [5, 5.41) is 3.28. The van der Waals surface area contributed by atoms with Crippen LogP contribution in [0.1, 0.15) is 21.7 Å². The maximum Gasteiger partial charge on any atom is 0.262 e. The second-order valence-corrected chi connectivity index (χ2v) is 6.75. The number of fused-ring (bicyclic) bond motifs is 1. The third-order valence-electron chi connectivity index (χ3n) is 4.61. The van der Waals surface area contributed by atoms with Gasteiger partial charge in [0.25, 0.3) is 5.91 Å². The number of furan rings is 1. The summed E-state index contributed by atoms with van der Waals surface area (Å²) < 4.78 is 25.1. The highest BCUT2D eigenvalue weighted by Gasteiger charge is 2.24. The van der Waals surface area contributed by atoms with Gasteiger partial charge in [0.2, 0.25) is 5.78 Å². The van der Waals surface area contributed by atoms with Crippen molar-refractivity contribution in [1.29, 1.82) is 0 Å². The summed E-state index contributed by atoms with van der Waals surface area (Å²) >= 11 is 0. The Bertz CT molecular complexity index is 1230. The van der Waals surface area contributed by atoms with E-state index in [1.807, 2.05) is 6.07 Å². The first kappa shape index (κ1) is 19.4. The molecule has 0 unspecified atom stereocenters. The fraction of sp³-hybridized carbons (Fsp3) is 0.0833. The molecule has 0 radical (unpaired) electrons. The molecule has 0 aliphatic heterocycles. The average Bonchev–Trinajstić information content (AvgIpc) is 3.13. The number of para-hydroxylation sites is 2. The van der Waals surface area contributed by atoms with Gasteiger partial charge in [-0.2, -0.15) is 0 Å². The van der Waals surface area contributed by atoms with Crippen LogP contribution in [0.2, 0.25) is 0 Å². The minimum Gasteiger partial charge on any atom is -0.484 e. The molecule has 150 valence electrons. The van der Waals surface area contributed by atoms with Gasteiger partial charge in [0.1, 0.15) is 17.1 Å². The number of ketones is 1. The van der Waals surface area contributed by atoms with Crippen molar-refractivity contribution in [3.05, 3.63) is 95.5 Å². The number of aryl methyl sites for hydroxylation is 1. The summed E-state index contributed by atoms with van der Waals surface area (Å²) in [4.78, 5) is 25.5. The van der Waals surface area contributed by atoms with Crippen LogP contribution in [-0.2, 0) is 4.79 Å². The Kier molecular flexibility index (Phi) is 5.30. The first-order chi connectivity index (χ1) is 14.5. The molecule has 0 atom stereocenters. The summed E-state index contributed by atoms with van der Waals surface area (Å²) in [6.45, 7) is 1.37. The second kappa shape index (κ2) is 8.21. The first-order valence-corrected chi connectivity index (χ1v) is 9.33. The van der Waals surface area contributed by atoms with Crippen LogP contribution < -0.4 is 10.1 Å². The van der Waals surface area contributed by atoms with E-state index in [9.17, 15) is 14.0 Å². The van der Waals surface area contributed by atoms with E-state index in [-0.39, 0.29) is 23.6 Å². The summed E-state index contributed by atoms with van der Waals surface area (Å²) in [6, 6.07) is 20.1. The maximum absolute atomic E-state index is 14.0. The van der Waals surface area contributed by atoms with Crippen LogP contribution in [0, 0.1) is 12.7 Å². The Labute approximate surface area is 172 Å². The number of amides is 1. The summed E-state index contributed by atoms with van der Waals surface area (Å²) in [6.07, 6.45) is 0. The number of ether oxygens (including phenoxy) is 1. The van der Waals surface area contributed by atoms with Crippen molar-refractivity contribution in [2.45, 2.75) is 6.92 Å². The van der Waals surface area contributed by atoms with Gasteiger partial charge in [0.15, 0.2) is 12.4 Å². The van der Waals surface area contributed by atoms with Crippen molar-refractivity contribution >= 4 is 28.3 Å². The Morgan fingerprint density at radius 2 is 1.73 bits per heavy atom. The van der Waals surface area contributed by atoms with Crippen LogP contribution >= 0.6 is 0 Å². The number of nitrogens with one attached hydrogen (secondary N) is 1. The molecule has 0 aliphatic carbocycles. The van der Waals surface area contributed by atoms with Crippen molar-refractivity contribution in [2.24, 2.45) is 0 Å². The molecule has 1 N–H and O–H groups in total. The van der Waals surface area contributed by atoms with Crippen LogP contribution in [0.15, 0.2) is 77.2 Å². The van der Waals surface area contributed by atoms with E-state index in [1.54, 1.807) is 55.5 Å². The van der Waals surface area contributed by atoms with Gasteiger partial charge in [0, 0.05) is 10.9 Å². The first-order valence-electron chi connectivity index (χ1n) is 9.33. The predicted molar refractivity (Wildman–Crippen MR) is 111 cm³/mol. The minimum absolute atomic E-state index is 0.0625. The zero-order valence-corrected chi connectivity index (χ0v) is 16.1. The molecule has 1 amide bonds. The topological polar surface area (TPSA) is 68.5 Å². The lowest BCUT2D eigenvalue weighted by molar-refractivity contribution is -0.118. The van der Waals surface area contributed by atoms with Gasteiger partial charge >= 0.3 is 0 Å². The summed E-state index contributed by atoms with van der Waals surface area (Å²) in [7, 11) is 0. The van der Waals surface area contributed by atoms with E-state index < -0.39 is 17.5 Å². The maximum atomic E-state index is 14.0. The standard InChI is InChI=1S/C24H18FNO4/c1-15-11-12-16(13-19(15)25)23(28)24-22(18-9-5-6-10-20(18)30-24)26-21(27)14-29-17-7-3-2-4-8-17/h2-13H,14H2,1H3,(H,26,27). The largest absolute Gasteiger partial charge is 0.484 e. The molecular weight excluding hydrogens is 385 g/mol. The van der Waals surface area contributed by atoms with E-state index >= 15 is 0 Å². The van der Waals surface area contributed by atoms with E-state index in [0.717, 1.165) is 6.07 Å². The highest BCUT2D eigenvalue weighted by atomic mass is 19.1. The smallest absolute Gasteiger partial charge is 0.262 e. The Balaban J connectivity index is 1.64. The number of hydrogen-bond acceptors (Lipinski definition) is 4. The number of carbonyl (C=O) groups excluding carboxylic acids is 2. The normalized spacial score (nSPS) is 10.7. The zero-order valence-electron chi connectivity index (χ0n) is 16.1. The predicted octanol–water partition coefficient (Wildman–Crippen LogP) is 5.13. The number of rotatable bonds is 6. The third kappa shape index (κ3) is 3.93.